The van der Waals surface area contributed by atoms with Gasteiger partial charge in [0.25, 0.3) is 0 Å². The van der Waals surface area contributed by atoms with Crippen molar-refractivity contribution >= 4 is 5.91 Å². The molecule has 1 aromatic carbocycles. The van der Waals surface area contributed by atoms with Crippen LogP contribution in [-0.4, -0.2) is 35.1 Å². The lowest BCUT2D eigenvalue weighted by atomic mass is 10.1. The number of carbonyl (C=O) groups is 1. The van der Waals surface area contributed by atoms with Gasteiger partial charge in [0.15, 0.2) is 0 Å². The predicted octanol–water partition coefficient (Wildman–Crippen LogP) is 2.30. The second-order valence-corrected chi connectivity index (χ2v) is 5.41. The summed E-state index contributed by atoms with van der Waals surface area (Å²) < 4.78 is 0. The molecule has 1 saturated carbocycles. The Hall–Kier alpha value is -1.35. The van der Waals surface area contributed by atoms with Gasteiger partial charge in [-0.2, -0.15) is 0 Å². The van der Waals surface area contributed by atoms with Crippen LogP contribution in [0.3, 0.4) is 0 Å². The maximum Gasteiger partial charge on any atom is 0.227 e. The van der Waals surface area contributed by atoms with E-state index in [0.717, 1.165) is 18.4 Å². The third kappa shape index (κ3) is 3.80. The molecule has 1 aliphatic carbocycles. The summed E-state index contributed by atoms with van der Waals surface area (Å²) in [6.45, 7) is 2.56. The quantitative estimate of drug-likeness (QED) is 0.883. The van der Waals surface area contributed by atoms with Crippen LogP contribution < -0.4 is 0 Å². The average Bonchev–Trinajstić information content (AvgIpc) is 2.92. The minimum absolute atomic E-state index is 0.0517. The largest absolute Gasteiger partial charge is 0.395 e. The van der Waals surface area contributed by atoms with Crippen LogP contribution in [0.5, 0.6) is 0 Å². The maximum absolute atomic E-state index is 12.4. The van der Waals surface area contributed by atoms with Crippen molar-refractivity contribution in [2.24, 2.45) is 0 Å². The zero-order chi connectivity index (χ0) is 13.7. The van der Waals surface area contributed by atoms with Crippen LogP contribution in [0.25, 0.3) is 0 Å². The van der Waals surface area contributed by atoms with Gasteiger partial charge in [-0.05, 0) is 25.3 Å². The highest BCUT2D eigenvalue weighted by Gasteiger charge is 2.25. The summed E-state index contributed by atoms with van der Waals surface area (Å²) in [5.41, 5.74) is 2.26. The normalized spacial score (nSPS) is 15.7. The lowest BCUT2D eigenvalue weighted by molar-refractivity contribution is -0.133. The van der Waals surface area contributed by atoms with Crippen molar-refractivity contribution in [3.63, 3.8) is 0 Å². The Bertz CT molecular complexity index is 407. The number of aliphatic hydroxyl groups is 1. The lowest BCUT2D eigenvalue weighted by Crippen LogP contribution is -2.41. The second kappa shape index (κ2) is 6.71. The van der Waals surface area contributed by atoms with Crippen molar-refractivity contribution in [3.05, 3.63) is 35.4 Å². The molecule has 1 fully saturated rings. The average molecular weight is 261 g/mol. The molecule has 0 unspecified atom stereocenters. The minimum atomic E-state index is 0.0517. The molecule has 3 nitrogen and oxygen atoms in total. The number of carbonyl (C=O) groups excluding carboxylic acids is 1. The third-order valence-corrected chi connectivity index (χ3v) is 3.90. The van der Waals surface area contributed by atoms with Gasteiger partial charge in [0.1, 0.15) is 0 Å². The highest BCUT2D eigenvalue weighted by atomic mass is 16.3. The molecular formula is C16H23NO2. The van der Waals surface area contributed by atoms with Crippen molar-refractivity contribution < 1.29 is 9.90 Å². The first-order valence-corrected chi connectivity index (χ1v) is 7.16. The smallest absolute Gasteiger partial charge is 0.227 e. The van der Waals surface area contributed by atoms with E-state index in [1.165, 1.54) is 18.4 Å². The Kier molecular flexibility index (Phi) is 4.97. The van der Waals surface area contributed by atoms with Gasteiger partial charge in [-0.1, -0.05) is 42.7 Å². The number of hydrogen-bond acceptors (Lipinski definition) is 2. The highest BCUT2D eigenvalue weighted by molar-refractivity contribution is 5.79. The summed E-state index contributed by atoms with van der Waals surface area (Å²) in [6, 6.07) is 8.44. The third-order valence-electron chi connectivity index (χ3n) is 3.90. The molecule has 2 rings (SSSR count). The molecule has 1 aliphatic rings. The first kappa shape index (κ1) is 14.1. The Balaban J connectivity index is 2.00. The number of aryl methyl sites for hydroxylation is 1. The SMILES string of the molecule is Cc1ccc(CC(=O)N(CCO)C2CCCC2)cc1. The van der Waals surface area contributed by atoms with Gasteiger partial charge in [0, 0.05) is 12.6 Å². The van der Waals surface area contributed by atoms with Crippen LogP contribution in [0.4, 0.5) is 0 Å². The molecule has 0 spiro atoms. The Morgan fingerprint density at radius 1 is 1.26 bits per heavy atom. The predicted molar refractivity (Wildman–Crippen MR) is 75.9 cm³/mol. The van der Waals surface area contributed by atoms with Crippen LogP contribution in [0.2, 0.25) is 0 Å². The molecule has 104 valence electrons. The van der Waals surface area contributed by atoms with Crippen LogP contribution in [0.15, 0.2) is 24.3 Å². The zero-order valence-electron chi connectivity index (χ0n) is 11.6. The van der Waals surface area contributed by atoms with Gasteiger partial charge in [-0.25, -0.2) is 0 Å². The first-order chi connectivity index (χ1) is 9.20. The van der Waals surface area contributed by atoms with E-state index in [1.54, 1.807) is 0 Å². The number of rotatable bonds is 5. The van der Waals surface area contributed by atoms with Crippen LogP contribution >= 0.6 is 0 Å². The van der Waals surface area contributed by atoms with Gasteiger partial charge in [0.05, 0.1) is 13.0 Å². The molecule has 19 heavy (non-hydrogen) atoms. The summed E-state index contributed by atoms with van der Waals surface area (Å²) >= 11 is 0. The van der Waals surface area contributed by atoms with E-state index in [2.05, 4.69) is 0 Å². The van der Waals surface area contributed by atoms with E-state index in [1.807, 2.05) is 36.1 Å². The second-order valence-electron chi connectivity index (χ2n) is 5.41. The number of amides is 1. The summed E-state index contributed by atoms with van der Waals surface area (Å²) in [4.78, 5) is 14.3. The molecule has 0 aliphatic heterocycles. The molecule has 0 bridgehead atoms. The molecule has 3 heteroatoms. The standard InChI is InChI=1S/C16H23NO2/c1-13-6-8-14(9-7-13)12-16(19)17(10-11-18)15-4-2-3-5-15/h6-9,15,18H,2-5,10-12H2,1H3. The Morgan fingerprint density at radius 2 is 1.89 bits per heavy atom. The van der Waals surface area contributed by atoms with Gasteiger partial charge < -0.3 is 10.0 Å². The highest BCUT2D eigenvalue weighted by Crippen LogP contribution is 2.24. The van der Waals surface area contributed by atoms with E-state index < -0.39 is 0 Å². The van der Waals surface area contributed by atoms with E-state index in [0.29, 0.717) is 19.0 Å². The summed E-state index contributed by atoms with van der Waals surface area (Å²) in [6.07, 6.45) is 5.00. The van der Waals surface area contributed by atoms with Gasteiger partial charge in [0.2, 0.25) is 5.91 Å². The number of benzene rings is 1. The summed E-state index contributed by atoms with van der Waals surface area (Å²) in [5.74, 6) is 0.143. The van der Waals surface area contributed by atoms with Gasteiger partial charge in [-0.15, -0.1) is 0 Å². The Morgan fingerprint density at radius 3 is 2.47 bits per heavy atom. The molecular weight excluding hydrogens is 238 g/mol. The fourth-order valence-electron chi connectivity index (χ4n) is 2.82. The maximum atomic E-state index is 12.4. The Labute approximate surface area is 115 Å². The van der Waals surface area contributed by atoms with Crippen LogP contribution in [0.1, 0.15) is 36.8 Å². The number of aliphatic hydroxyl groups excluding tert-OH is 1. The van der Waals surface area contributed by atoms with Crippen molar-refractivity contribution in [2.75, 3.05) is 13.2 Å². The van der Waals surface area contributed by atoms with E-state index in [9.17, 15) is 4.79 Å². The molecule has 1 N–H and O–H groups in total. The molecule has 0 saturated heterocycles. The first-order valence-electron chi connectivity index (χ1n) is 7.16. The van der Waals surface area contributed by atoms with Crippen molar-refractivity contribution in [1.29, 1.82) is 0 Å². The summed E-state index contributed by atoms with van der Waals surface area (Å²) in [7, 11) is 0. The molecule has 0 radical (unpaired) electrons. The van der Waals surface area contributed by atoms with Crippen molar-refractivity contribution in [1.82, 2.24) is 4.90 Å². The molecule has 1 aromatic rings. The zero-order valence-corrected chi connectivity index (χ0v) is 11.6. The molecule has 1 amide bonds. The summed E-state index contributed by atoms with van der Waals surface area (Å²) in [5, 5.41) is 9.15. The van der Waals surface area contributed by atoms with Gasteiger partial charge in [-0.3, -0.25) is 4.79 Å². The van der Waals surface area contributed by atoms with Crippen LogP contribution in [-0.2, 0) is 11.2 Å². The number of nitrogens with zero attached hydrogens (tertiary/aromatic N) is 1. The fraction of sp³-hybridized carbons (Fsp3) is 0.562. The monoisotopic (exact) mass is 261 g/mol. The number of hydrogen-bond donors (Lipinski definition) is 1. The van der Waals surface area contributed by atoms with Crippen molar-refractivity contribution in [2.45, 2.75) is 45.1 Å². The van der Waals surface area contributed by atoms with Crippen LogP contribution in [0, 0.1) is 6.92 Å². The molecule has 0 aromatic heterocycles. The van der Waals surface area contributed by atoms with E-state index >= 15 is 0 Å². The molecule has 0 atom stereocenters. The van der Waals surface area contributed by atoms with E-state index in [4.69, 9.17) is 5.11 Å². The molecule has 0 heterocycles. The fourth-order valence-corrected chi connectivity index (χ4v) is 2.82. The van der Waals surface area contributed by atoms with Crippen molar-refractivity contribution in [3.8, 4) is 0 Å². The van der Waals surface area contributed by atoms with Gasteiger partial charge >= 0.3 is 0 Å². The minimum Gasteiger partial charge on any atom is -0.395 e. The topological polar surface area (TPSA) is 40.5 Å². The lowest BCUT2D eigenvalue weighted by Gasteiger charge is -2.28. The van der Waals surface area contributed by atoms with E-state index in [-0.39, 0.29) is 12.5 Å².